The topological polar surface area (TPSA) is 103 Å². The first kappa shape index (κ1) is 15.0. The summed E-state index contributed by atoms with van der Waals surface area (Å²) in [4.78, 5) is 14.1. The van der Waals surface area contributed by atoms with E-state index in [2.05, 4.69) is 9.71 Å². The minimum Gasteiger partial charge on any atom is -0.480 e. The Bertz CT molecular complexity index is 828. The molecule has 1 aromatic heterocycles. The number of aliphatic carboxylic acids is 1. The molecule has 0 radical (unpaired) electrons. The van der Waals surface area contributed by atoms with Crippen molar-refractivity contribution in [1.29, 1.82) is 0 Å². The lowest BCUT2D eigenvalue weighted by Crippen LogP contribution is -2.48. The fourth-order valence-electron chi connectivity index (χ4n) is 2.72. The second-order valence-electron chi connectivity index (χ2n) is 5.39. The van der Waals surface area contributed by atoms with Gasteiger partial charge in [0.2, 0.25) is 0 Å². The first-order chi connectivity index (χ1) is 10.4. The number of rotatable bonds is 4. The molecule has 7 nitrogen and oxygen atoms in total. The fraction of sp³-hybridized carbons (Fsp3) is 0.357. The van der Waals surface area contributed by atoms with Crippen LogP contribution >= 0.6 is 0 Å². The van der Waals surface area contributed by atoms with Crippen LogP contribution in [0.2, 0.25) is 0 Å². The maximum Gasteiger partial charge on any atom is 0.321 e. The van der Waals surface area contributed by atoms with Gasteiger partial charge in [0.05, 0.1) is 6.54 Å². The first-order valence-electron chi connectivity index (χ1n) is 6.97. The van der Waals surface area contributed by atoms with Crippen molar-refractivity contribution in [3.05, 3.63) is 35.5 Å². The van der Waals surface area contributed by atoms with Gasteiger partial charge in [0.15, 0.2) is 0 Å². The number of hydrogen-bond acceptors (Lipinski definition) is 3. The highest BCUT2D eigenvalue weighted by Gasteiger charge is 2.30. The van der Waals surface area contributed by atoms with E-state index in [4.69, 9.17) is 5.11 Å². The Labute approximate surface area is 128 Å². The number of nitrogens with one attached hydrogen (secondary N) is 2. The van der Waals surface area contributed by atoms with E-state index in [-0.39, 0.29) is 6.54 Å². The second kappa shape index (κ2) is 5.38. The lowest BCUT2D eigenvalue weighted by molar-refractivity contribution is -0.138. The third-order valence-corrected chi connectivity index (χ3v) is 5.53. The van der Waals surface area contributed by atoms with Gasteiger partial charge >= 0.3 is 5.97 Å². The van der Waals surface area contributed by atoms with Gasteiger partial charge < -0.3 is 10.1 Å². The molecule has 0 aliphatic carbocycles. The number of carbonyl (C=O) groups is 1. The molecule has 1 unspecified atom stereocenters. The van der Waals surface area contributed by atoms with Crippen LogP contribution in [0.1, 0.15) is 18.2 Å². The van der Waals surface area contributed by atoms with Crippen molar-refractivity contribution >= 4 is 27.1 Å². The van der Waals surface area contributed by atoms with E-state index < -0.39 is 22.2 Å². The van der Waals surface area contributed by atoms with Crippen molar-refractivity contribution in [1.82, 2.24) is 14.0 Å². The molecule has 22 heavy (non-hydrogen) atoms. The van der Waals surface area contributed by atoms with Crippen molar-refractivity contribution in [2.75, 3.05) is 6.54 Å². The van der Waals surface area contributed by atoms with E-state index in [1.54, 1.807) is 0 Å². The molecular formula is C14H17N3O4S. The van der Waals surface area contributed by atoms with Gasteiger partial charge in [-0.1, -0.05) is 18.2 Å². The lowest BCUT2D eigenvalue weighted by Gasteiger charge is -2.27. The molecular weight excluding hydrogens is 306 g/mol. The van der Waals surface area contributed by atoms with E-state index in [1.807, 2.05) is 24.3 Å². The van der Waals surface area contributed by atoms with E-state index in [9.17, 15) is 13.2 Å². The van der Waals surface area contributed by atoms with E-state index >= 15 is 0 Å². The number of fused-ring (bicyclic) bond motifs is 3. The Kier molecular flexibility index (Phi) is 3.67. The van der Waals surface area contributed by atoms with E-state index in [1.165, 1.54) is 11.2 Å². The number of aromatic amines is 1. The number of para-hydroxylation sites is 1. The molecule has 3 N–H and O–H groups in total. The number of benzene rings is 1. The van der Waals surface area contributed by atoms with Crippen LogP contribution in [-0.2, 0) is 28.0 Å². The van der Waals surface area contributed by atoms with Gasteiger partial charge in [-0.2, -0.15) is 17.4 Å². The maximum atomic E-state index is 12.3. The van der Waals surface area contributed by atoms with Crippen molar-refractivity contribution in [3.8, 4) is 0 Å². The standard InChI is InChI=1S/C14H17N3O4S/c1-9(14(18)19)16-22(20,21)17-7-6-11-10-4-2-3-5-12(10)15-13(11)8-17/h2-5,9,15-16H,6-8H2,1H3,(H,18,19). The predicted octanol–water partition coefficient (Wildman–Crippen LogP) is 0.833. The van der Waals surface area contributed by atoms with Gasteiger partial charge in [-0.3, -0.25) is 4.79 Å². The van der Waals surface area contributed by atoms with Gasteiger partial charge in [0.1, 0.15) is 6.04 Å². The summed E-state index contributed by atoms with van der Waals surface area (Å²) in [7, 11) is -3.83. The van der Waals surface area contributed by atoms with Crippen LogP contribution in [0.15, 0.2) is 24.3 Å². The number of carboxylic acid groups (broad SMARTS) is 1. The first-order valence-corrected chi connectivity index (χ1v) is 8.41. The van der Waals surface area contributed by atoms with Crippen LogP contribution in [0.5, 0.6) is 0 Å². The lowest BCUT2D eigenvalue weighted by atomic mass is 10.1. The molecule has 8 heteroatoms. The van der Waals surface area contributed by atoms with Gasteiger partial charge in [0, 0.05) is 23.1 Å². The Morgan fingerprint density at radius 1 is 1.41 bits per heavy atom. The fourth-order valence-corrected chi connectivity index (χ4v) is 4.05. The average molecular weight is 323 g/mol. The summed E-state index contributed by atoms with van der Waals surface area (Å²) in [6, 6.07) is 6.69. The van der Waals surface area contributed by atoms with E-state index in [0.717, 1.165) is 22.2 Å². The maximum absolute atomic E-state index is 12.3. The normalized spacial score (nSPS) is 17.3. The second-order valence-corrected chi connectivity index (χ2v) is 7.10. The number of aromatic nitrogens is 1. The van der Waals surface area contributed by atoms with Crippen molar-refractivity contribution in [2.24, 2.45) is 0 Å². The highest BCUT2D eigenvalue weighted by Crippen LogP contribution is 2.28. The molecule has 0 bridgehead atoms. The van der Waals surface area contributed by atoms with Crippen molar-refractivity contribution in [3.63, 3.8) is 0 Å². The third kappa shape index (κ3) is 2.60. The molecule has 1 atom stereocenters. The van der Waals surface area contributed by atoms with Crippen LogP contribution < -0.4 is 4.72 Å². The van der Waals surface area contributed by atoms with Crippen LogP contribution in [0, 0.1) is 0 Å². The molecule has 1 aliphatic heterocycles. The summed E-state index contributed by atoms with van der Waals surface area (Å²) in [6.45, 7) is 1.85. The molecule has 3 rings (SSSR count). The molecule has 2 heterocycles. The minimum absolute atomic E-state index is 0.214. The summed E-state index contributed by atoms with van der Waals surface area (Å²) >= 11 is 0. The largest absolute Gasteiger partial charge is 0.480 e. The summed E-state index contributed by atoms with van der Waals surface area (Å²) in [5, 5.41) is 9.96. The Balaban J connectivity index is 1.86. The summed E-state index contributed by atoms with van der Waals surface area (Å²) in [6.07, 6.45) is 0.599. The van der Waals surface area contributed by atoms with Gasteiger partial charge in [-0.05, 0) is 25.0 Å². The molecule has 1 aromatic carbocycles. The highest BCUT2D eigenvalue weighted by atomic mass is 32.2. The zero-order chi connectivity index (χ0) is 15.9. The van der Waals surface area contributed by atoms with E-state index in [0.29, 0.717) is 13.0 Å². The molecule has 118 valence electrons. The van der Waals surface area contributed by atoms with Crippen LogP contribution in [0.25, 0.3) is 10.9 Å². The van der Waals surface area contributed by atoms with Crippen LogP contribution in [-0.4, -0.2) is 41.4 Å². The summed E-state index contributed by atoms with van der Waals surface area (Å²) in [5.74, 6) is -1.20. The highest BCUT2D eigenvalue weighted by molar-refractivity contribution is 7.87. The van der Waals surface area contributed by atoms with Gasteiger partial charge in [0.25, 0.3) is 10.2 Å². The predicted molar refractivity (Wildman–Crippen MR) is 81.6 cm³/mol. The third-order valence-electron chi connectivity index (χ3n) is 3.88. The molecule has 1 aliphatic rings. The smallest absolute Gasteiger partial charge is 0.321 e. The zero-order valence-corrected chi connectivity index (χ0v) is 12.9. The Morgan fingerprint density at radius 2 is 2.14 bits per heavy atom. The Hall–Kier alpha value is -1.90. The zero-order valence-electron chi connectivity index (χ0n) is 12.0. The number of hydrogen-bond donors (Lipinski definition) is 3. The van der Waals surface area contributed by atoms with Crippen molar-refractivity contribution < 1.29 is 18.3 Å². The van der Waals surface area contributed by atoms with Gasteiger partial charge in [-0.25, -0.2) is 0 Å². The van der Waals surface area contributed by atoms with Crippen LogP contribution in [0.4, 0.5) is 0 Å². The Morgan fingerprint density at radius 3 is 2.86 bits per heavy atom. The molecule has 0 amide bonds. The summed E-state index contributed by atoms with van der Waals surface area (Å²) in [5.41, 5.74) is 2.98. The monoisotopic (exact) mass is 323 g/mol. The van der Waals surface area contributed by atoms with Crippen LogP contribution in [0.3, 0.4) is 0 Å². The van der Waals surface area contributed by atoms with Gasteiger partial charge in [-0.15, -0.1) is 0 Å². The molecule has 0 spiro atoms. The number of carboxylic acids is 1. The van der Waals surface area contributed by atoms with Crippen molar-refractivity contribution in [2.45, 2.75) is 25.9 Å². The quantitative estimate of drug-likeness (QED) is 0.775. The molecule has 0 saturated carbocycles. The molecule has 2 aromatic rings. The number of nitrogens with zero attached hydrogens (tertiary/aromatic N) is 1. The molecule has 0 fully saturated rings. The minimum atomic E-state index is -3.83. The number of H-pyrrole nitrogens is 1. The summed E-state index contributed by atoms with van der Waals surface area (Å²) < 4.78 is 28.0. The SMILES string of the molecule is CC(NS(=O)(=O)N1CCc2c([nH]c3ccccc23)C1)C(=O)O. The molecule has 0 saturated heterocycles. The average Bonchev–Trinajstić information content (AvgIpc) is 2.84.